The molecule has 0 unspecified atom stereocenters. The van der Waals surface area contributed by atoms with Crippen molar-refractivity contribution in [3.63, 3.8) is 0 Å². The van der Waals surface area contributed by atoms with E-state index in [4.69, 9.17) is 11.5 Å². The second-order valence-electron chi connectivity index (χ2n) is 14.9. The number of nitrogens with one attached hydrogen (secondary N) is 7. The van der Waals surface area contributed by atoms with Crippen molar-refractivity contribution < 1.29 is 8.94 Å². The van der Waals surface area contributed by atoms with Crippen LogP contribution in [-0.4, -0.2) is 84.0 Å². The molecule has 14 rings (SSSR count). The summed E-state index contributed by atoms with van der Waals surface area (Å²) in [4.78, 5) is 18.8. The van der Waals surface area contributed by atoms with Gasteiger partial charge in [0.25, 0.3) is 0 Å². The van der Waals surface area contributed by atoms with Crippen molar-refractivity contribution in [2.24, 2.45) is 0 Å². The summed E-state index contributed by atoms with van der Waals surface area (Å²) in [6.07, 6.45) is 31.5. The van der Waals surface area contributed by atoms with Crippen molar-refractivity contribution in [2.45, 2.75) is 19.3 Å². The topological polar surface area (TPSA) is 254 Å². The third-order valence-corrected chi connectivity index (χ3v) is 10.2. The highest BCUT2D eigenvalue weighted by molar-refractivity contribution is 7.07. The van der Waals surface area contributed by atoms with E-state index >= 15 is 0 Å². The molecule has 7 aromatic heterocycles. The van der Waals surface area contributed by atoms with Gasteiger partial charge in [0, 0.05) is 104 Å². The van der Waals surface area contributed by atoms with E-state index in [1.54, 1.807) is 90.9 Å². The van der Waals surface area contributed by atoms with Crippen molar-refractivity contribution in [3.8, 4) is 0 Å². The normalized spacial score (nSPS) is 11.4. The van der Waals surface area contributed by atoms with Gasteiger partial charge in [-0.3, -0.25) is 10.1 Å². The van der Waals surface area contributed by atoms with Gasteiger partial charge in [0.15, 0.2) is 6.39 Å². The molecule has 0 amide bonds. The van der Waals surface area contributed by atoms with E-state index in [1.165, 1.54) is 79.9 Å². The number of thiazole rings is 1. The first-order valence-corrected chi connectivity index (χ1v) is 26.4. The number of para-hydroxylation sites is 5. The molecule has 0 spiro atoms. The van der Waals surface area contributed by atoms with Crippen LogP contribution in [0.15, 0.2) is 270 Å². The van der Waals surface area contributed by atoms with Crippen LogP contribution < -0.4 is 37.6 Å². The number of aromatic amines is 3. The van der Waals surface area contributed by atoms with Gasteiger partial charge < -0.3 is 56.5 Å². The molecule has 0 saturated carbocycles. The van der Waals surface area contributed by atoms with Crippen molar-refractivity contribution >= 4 is 51.3 Å². The molecule has 3 aliphatic rings. The molecule has 20 heteroatoms. The molecule has 18 nitrogen and oxygen atoms in total. The van der Waals surface area contributed by atoms with Crippen LogP contribution in [0.1, 0.15) is 19.3 Å². The highest BCUT2D eigenvalue weighted by atomic mass is 32.1. The van der Waals surface area contributed by atoms with E-state index in [2.05, 4.69) is 159 Å². The number of H-pyrrole nitrogens is 3. The fraction of sp³-hybridized carbons (Fsp3) is 0.158. The number of nitrogens with zero attached hydrogens (tertiary/aromatic N) is 7. The lowest BCUT2D eigenvalue weighted by Gasteiger charge is -2.25. The lowest BCUT2D eigenvalue weighted by molar-refractivity contribution is 0.420. The van der Waals surface area contributed by atoms with Crippen LogP contribution in [0.5, 0.6) is 0 Å². The Morgan fingerprint density at radius 2 is 1.18 bits per heavy atom. The number of anilines is 5. The van der Waals surface area contributed by atoms with E-state index in [9.17, 15) is 0 Å². The van der Waals surface area contributed by atoms with Gasteiger partial charge in [-0.1, -0.05) is 78.0 Å². The number of benzene rings is 4. The van der Waals surface area contributed by atoms with Crippen LogP contribution in [0.4, 0.5) is 28.4 Å². The number of hydrogen-bond donors (Lipinski definition) is 9. The Bertz CT molecular complexity index is 2170. The lowest BCUT2D eigenvalue weighted by atomic mass is 10.2. The fourth-order valence-electron chi connectivity index (χ4n) is 5.58. The third kappa shape index (κ3) is 36.6. The smallest absolute Gasteiger partial charge is 0.180 e. The standard InChI is InChI=1S/C18H15N.C6H8N2.C4H9N.C4H7N.C4H5N.C3H8N2.2C3H4N2.2C3H3NO.2C3H3NS/c1-4-10-16(11-5-1)19(17-12-6-2-7-13-17)18-14-8-3-9-15-18;7-5-3-1-2-4-6(5)8;3*1-2-4-5-3-1;2*1-2-5-3-4-1;1-2-4-5-3-1;1-2-5-3-4-1;1-2-4-5-3-1;1-2-5-3-4-1;1-2-4-5-3-1/h1-15H;1-4H,7-8H2;5H,1-4H2;1,3,5H,2,4H2;1-5H;4-5H,1-3H2;2*1-3H,(H,4,5);4*1-3H. The average molecular weight is 1080 g/mol. The Morgan fingerprint density at radius 3 is 1.40 bits per heavy atom. The highest BCUT2D eigenvalue weighted by Crippen LogP contribution is 2.33. The zero-order chi connectivity index (χ0) is 54.3. The van der Waals surface area contributed by atoms with Crippen molar-refractivity contribution in [1.82, 2.24) is 65.9 Å². The number of rotatable bonds is 3. The maximum Gasteiger partial charge on any atom is 0.180 e. The van der Waals surface area contributed by atoms with E-state index < -0.39 is 0 Å². The number of hydrogen-bond acceptors (Lipinski definition) is 17. The number of nitrogen functional groups attached to an aromatic ring is 2. The maximum absolute atomic E-state index is 5.39. The van der Waals surface area contributed by atoms with Crippen molar-refractivity contribution in [2.75, 3.05) is 55.8 Å². The van der Waals surface area contributed by atoms with E-state index in [1.807, 2.05) is 84.0 Å². The number of aromatic nitrogens is 9. The predicted octanol–water partition coefficient (Wildman–Crippen LogP) is 11.5. The minimum atomic E-state index is 0.646. The molecule has 2 saturated heterocycles. The van der Waals surface area contributed by atoms with Gasteiger partial charge >= 0.3 is 0 Å². The van der Waals surface area contributed by atoms with Gasteiger partial charge in [-0.15, -0.1) is 11.3 Å². The molecule has 4 aromatic carbocycles. The highest BCUT2D eigenvalue weighted by Gasteiger charge is 2.10. The Labute approximate surface area is 460 Å². The van der Waals surface area contributed by atoms with Gasteiger partial charge in [-0.05, 0) is 129 Å². The molecule has 77 heavy (non-hydrogen) atoms. The summed E-state index contributed by atoms with van der Waals surface area (Å²) in [5.74, 6) is 0. The van der Waals surface area contributed by atoms with Crippen molar-refractivity contribution in [3.05, 3.63) is 261 Å². The summed E-state index contributed by atoms with van der Waals surface area (Å²) in [5, 5.41) is 25.9. The Kier molecular flexibility index (Phi) is 38.9. The summed E-state index contributed by atoms with van der Waals surface area (Å²) >= 11 is 3.06. The summed E-state index contributed by atoms with van der Waals surface area (Å²) in [6, 6.07) is 47.9. The molecule has 0 radical (unpaired) electrons. The molecule has 404 valence electrons. The first-order valence-electron chi connectivity index (χ1n) is 24.6. The van der Waals surface area contributed by atoms with E-state index in [0.29, 0.717) is 11.4 Å². The summed E-state index contributed by atoms with van der Waals surface area (Å²) < 4.78 is 12.6. The summed E-state index contributed by atoms with van der Waals surface area (Å²) in [6.45, 7) is 6.92. The molecular formula is C57H72N16O2S2. The molecule has 3 aliphatic heterocycles. The second kappa shape index (κ2) is 48.0. The number of oxazole rings is 1. The van der Waals surface area contributed by atoms with E-state index in [0.717, 1.165) is 26.3 Å². The third-order valence-electron chi connectivity index (χ3n) is 9.11. The Morgan fingerprint density at radius 1 is 0.519 bits per heavy atom. The van der Waals surface area contributed by atoms with Gasteiger partial charge in [0.1, 0.15) is 12.5 Å². The average Bonchev–Trinajstić information content (AvgIpc) is 4.35. The molecule has 0 bridgehead atoms. The van der Waals surface area contributed by atoms with Crippen LogP contribution in [0, 0.1) is 0 Å². The molecule has 11 N–H and O–H groups in total. The molecule has 11 aromatic rings. The van der Waals surface area contributed by atoms with Gasteiger partial charge in [-0.2, -0.15) is 5.10 Å². The fourth-order valence-corrected chi connectivity index (χ4v) is 6.29. The first kappa shape index (κ1) is 62.4. The van der Waals surface area contributed by atoms with Gasteiger partial charge in [-0.25, -0.2) is 14.3 Å². The minimum absolute atomic E-state index is 0.646. The van der Waals surface area contributed by atoms with Crippen LogP contribution in [0.2, 0.25) is 0 Å². The van der Waals surface area contributed by atoms with Gasteiger partial charge in [0.05, 0.1) is 35.6 Å². The summed E-state index contributed by atoms with van der Waals surface area (Å²) in [5.41, 5.74) is 17.4. The second-order valence-corrected chi connectivity index (χ2v) is 16.3. The Hall–Kier alpha value is -8.92. The minimum Gasteiger partial charge on any atom is -0.452 e. The zero-order valence-electron chi connectivity index (χ0n) is 43.1. The van der Waals surface area contributed by atoms with Crippen LogP contribution in [0.25, 0.3) is 0 Å². The predicted molar refractivity (Wildman–Crippen MR) is 316 cm³/mol. The SMILES string of the molecule is C1=CNCC1.C1CCNC1.C1CNCN1.Nc1ccccc1N.c1c[nH]cn1.c1cc[nH]c1.c1ccc(N(c2ccccc2)c2ccccc2)cc1.c1cn[nH]c1.c1cnoc1.c1cnsc1.c1cocn1.c1cscn1. The summed E-state index contributed by atoms with van der Waals surface area (Å²) in [7, 11) is 0. The maximum atomic E-state index is 5.39. The van der Waals surface area contributed by atoms with Gasteiger partial charge in [0.2, 0.25) is 0 Å². The van der Waals surface area contributed by atoms with Crippen LogP contribution >= 0.6 is 22.9 Å². The largest absolute Gasteiger partial charge is 0.452 e. The molecular weight excluding hydrogens is 1000 g/mol. The number of imidazole rings is 1. The molecule has 0 atom stereocenters. The quantitative estimate of drug-likeness (QED) is 0.0746. The first-order chi connectivity index (χ1) is 38.3. The van der Waals surface area contributed by atoms with Crippen LogP contribution in [0.3, 0.4) is 0 Å². The Balaban J connectivity index is 0.000000232. The molecule has 2 fully saturated rings. The molecule has 10 heterocycles. The van der Waals surface area contributed by atoms with E-state index in [-0.39, 0.29) is 0 Å². The molecule has 0 aliphatic carbocycles. The monoisotopic (exact) mass is 1080 g/mol. The zero-order valence-corrected chi connectivity index (χ0v) is 44.7. The van der Waals surface area contributed by atoms with Crippen LogP contribution in [-0.2, 0) is 0 Å². The number of nitrogens with two attached hydrogens (primary N) is 2. The lowest BCUT2D eigenvalue weighted by Crippen LogP contribution is -2.11. The van der Waals surface area contributed by atoms with Crippen molar-refractivity contribution in [1.29, 1.82) is 0 Å².